The number of benzene rings is 1. The Hall–Kier alpha value is -1.75. The number of Topliss-reactive ketones (excluding diaryl/α,β-unsaturated/α-hetero) is 1. The Morgan fingerprint density at radius 1 is 1.32 bits per heavy atom. The third kappa shape index (κ3) is 2.38. The van der Waals surface area contributed by atoms with E-state index >= 15 is 0 Å². The number of carbonyl (C=O) groups is 2. The van der Waals surface area contributed by atoms with Gasteiger partial charge in [0, 0.05) is 12.6 Å². The lowest BCUT2D eigenvalue weighted by Crippen LogP contribution is -2.32. The second-order valence-electron chi connectivity index (χ2n) is 5.03. The summed E-state index contributed by atoms with van der Waals surface area (Å²) in [5.74, 6) is -1.51. The summed E-state index contributed by atoms with van der Waals surface area (Å²) in [4.78, 5) is 25.0. The van der Waals surface area contributed by atoms with Crippen LogP contribution in [0.5, 0.6) is 0 Å². The van der Waals surface area contributed by atoms with E-state index < -0.39 is 17.5 Å². The maximum absolute atomic E-state index is 13.2. The molecule has 1 N–H and O–H groups in total. The standard InChI is InChI=1S/C14H15FN2O2/c15-9-2-5-11-12(8-9)17(14(19)13(11)18)7-1-6-16-10-3-4-10/h2,5,8,10,16H,1,3-4,6-7H2. The van der Waals surface area contributed by atoms with Gasteiger partial charge in [-0.05, 0) is 44.0 Å². The lowest BCUT2D eigenvalue weighted by atomic mass is 10.1. The van der Waals surface area contributed by atoms with Crippen molar-refractivity contribution in [1.29, 1.82) is 0 Å². The van der Waals surface area contributed by atoms with Gasteiger partial charge in [-0.15, -0.1) is 0 Å². The number of rotatable bonds is 5. The fraction of sp³-hybridized carbons (Fsp3) is 0.429. The molecule has 1 saturated carbocycles. The molecule has 0 radical (unpaired) electrons. The third-order valence-electron chi connectivity index (χ3n) is 3.50. The van der Waals surface area contributed by atoms with Crippen molar-refractivity contribution in [3.05, 3.63) is 29.6 Å². The summed E-state index contributed by atoms with van der Waals surface area (Å²) in [5.41, 5.74) is 0.711. The van der Waals surface area contributed by atoms with Gasteiger partial charge in [0.1, 0.15) is 5.82 Å². The first-order chi connectivity index (χ1) is 9.16. The molecule has 1 aliphatic heterocycles. The average Bonchev–Trinajstić information content (AvgIpc) is 3.18. The number of carbonyl (C=O) groups excluding carboxylic acids is 2. The molecule has 1 aromatic carbocycles. The van der Waals surface area contributed by atoms with E-state index in [0.29, 0.717) is 23.8 Å². The predicted molar refractivity (Wildman–Crippen MR) is 68.7 cm³/mol. The van der Waals surface area contributed by atoms with Crippen LogP contribution in [0.3, 0.4) is 0 Å². The van der Waals surface area contributed by atoms with Crippen LogP contribution in [-0.2, 0) is 4.79 Å². The molecule has 100 valence electrons. The minimum absolute atomic E-state index is 0.307. The molecule has 1 fully saturated rings. The highest BCUT2D eigenvalue weighted by molar-refractivity contribution is 6.52. The molecule has 0 bridgehead atoms. The largest absolute Gasteiger partial charge is 0.314 e. The fourth-order valence-corrected chi connectivity index (χ4v) is 2.32. The molecule has 1 aromatic rings. The van der Waals surface area contributed by atoms with Gasteiger partial charge < -0.3 is 10.2 Å². The van der Waals surface area contributed by atoms with Crippen LogP contribution in [-0.4, -0.2) is 30.8 Å². The summed E-state index contributed by atoms with van der Waals surface area (Å²) in [6.45, 7) is 1.26. The fourth-order valence-electron chi connectivity index (χ4n) is 2.32. The van der Waals surface area contributed by atoms with Gasteiger partial charge in [0.05, 0.1) is 11.3 Å². The molecule has 0 spiro atoms. The van der Waals surface area contributed by atoms with Gasteiger partial charge in [0.15, 0.2) is 0 Å². The van der Waals surface area contributed by atoms with Gasteiger partial charge in [0.25, 0.3) is 11.7 Å². The van der Waals surface area contributed by atoms with Crippen LogP contribution >= 0.6 is 0 Å². The van der Waals surface area contributed by atoms with Crippen LogP contribution in [0.15, 0.2) is 18.2 Å². The normalized spacial score (nSPS) is 18.1. The van der Waals surface area contributed by atoms with E-state index in [2.05, 4.69) is 5.32 Å². The Bertz CT molecular complexity index is 540. The van der Waals surface area contributed by atoms with Gasteiger partial charge in [0.2, 0.25) is 0 Å². The molecule has 0 saturated heterocycles. The molecule has 1 amide bonds. The molecule has 19 heavy (non-hydrogen) atoms. The second-order valence-corrected chi connectivity index (χ2v) is 5.03. The first-order valence-corrected chi connectivity index (χ1v) is 6.56. The number of nitrogens with zero attached hydrogens (tertiary/aromatic N) is 1. The van der Waals surface area contributed by atoms with Gasteiger partial charge in [-0.3, -0.25) is 9.59 Å². The van der Waals surface area contributed by atoms with Crippen LogP contribution in [0.1, 0.15) is 29.6 Å². The molecule has 1 heterocycles. The maximum atomic E-state index is 13.2. The van der Waals surface area contributed by atoms with Crippen molar-refractivity contribution < 1.29 is 14.0 Å². The van der Waals surface area contributed by atoms with Crippen molar-refractivity contribution in [1.82, 2.24) is 5.32 Å². The smallest absolute Gasteiger partial charge is 0.299 e. The van der Waals surface area contributed by atoms with Crippen LogP contribution < -0.4 is 10.2 Å². The van der Waals surface area contributed by atoms with Gasteiger partial charge >= 0.3 is 0 Å². The Labute approximate surface area is 110 Å². The van der Waals surface area contributed by atoms with Gasteiger partial charge in [-0.2, -0.15) is 0 Å². The highest BCUT2D eigenvalue weighted by Crippen LogP contribution is 2.29. The van der Waals surface area contributed by atoms with Crippen molar-refractivity contribution in [3.8, 4) is 0 Å². The first-order valence-electron chi connectivity index (χ1n) is 6.56. The molecule has 4 nitrogen and oxygen atoms in total. The predicted octanol–water partition coefficient (Wildman–Crippen LogP) is 1.50. The highest BCUT2D eigenvalue weighted by Gasteiger charge is 2.35. The molecule has 5 heteroatoms. The van der Waals surface area contributed by atoms with Gasteiger partial charge in [-0.1, -0.05) is 0 Å². The van der Waals surface area contributed by atoms with E-state index in [-0.39, 0.29) is 0 Å². The van der Waals surface area contributed by atoms with Crippen LogP contribution in [0.25, 0.3) is 0 Å². The Kier molecular flexibility index (Phi) is 3.06. The zero-order chi connectivity index (χ0) is 13.4. The van der Waals surface area contributed by atoms with Crippen molar-refractivity contribution in [2.75, 3.05) is 18.0 Å². The number of hydrogen-bond donors (Lipinski definition) is 1. The van der Waals surface area contributed by atoms with E-state index in [9.17, 15) is 14.0 Å². The number of ketones is 1. The molecule has 0 aromatic heterocycles. The van der Waals surface area contributed by atoms with E-state index in [1.54, 1.807) is 0 Å². The molecule has 0 atom stereocenters. The molecule has 0 unspecified atom stereocenters. The lowest BCUT2D eigenvalue weighted by molar-refractivity contribution is -0.114. The number of halogens is 1. The monoisotopic (exact) mass is 262 g/mol. The Morgan fingerprint density at radius 3 is 2.84 bits per heavy atom. The molecule has 1 aliphatic carbocycles. The number of nitrogens with one attached hydrogen (secondary N) is 1. The van der Waals surface area contributed by atoms with E-state index in [4.69, 9.17) is 0 Å². The second kappa shape index (κ2) is 4.74. The molecule has 3 rings (SSSR count). The summed E-state index contributed by atoms with van der Waals surface area (Å²) in [6.07, 6.45) is 3.19. The third-order valence-corrected chi connectivity index (χ3v) is 3.50. The van der Waals surface area contributed by atoms with Crippen LogP contribution in [0.4, 0.5) is 10.1 Å². The number of hydrogen-bond acceptors (Lipinski definition) is 3. The van der Waals surface area contributed by atoms with Gasteiger partial charge in [-0.25, -0.2) is 4.39 Å². The minimum Gasteiger partial charge on any atom is -0.314 e. The Balaban J connectivity index is 1.68. The van der Waals surface area contributed by atoms with Crippen LogP contribution in [0.2, 0.25) is 0 Å². The SMILES string of the molecule is O=C1C(=O)N(CCCNC2CC2)c2cc(F)ccc21. The Morgan fingerprint density at radius 2 is 2.11 bits per heavy atom. The molecular formula is C14H15FN2O2. The van der Waals surface area contributed by atoms with Crippen molar-refractivity contribution in [2.24, 2.45) is 0 Å². The molecular weight excluding hydrogens is 247 g/mol. The van der Waals surface area contributed by atoms with Crippen molar-refractivity contribution in [3.63, 3.8) is 0 Å². The summed E-state index contributed by atoms with van der Waals surface area (Å²) >= 11 is 0. The van der Waals surface area contributed by atoms with E-state index in [0.717, 1.165) is 13.0 Å². The zero-order valence-corrected chi connectivity index (χ0v) is 10.5. The summed E-state index contributed by atoms with van der Waals surface area (Å²) < 4.78 is 13.2. The maximum Gasteiger partial charge on any atom is 0.299 e. The van der Waals surface area contributed by atoms with Crippen LogP contribution in [0, 0.1) is 5.82 Å². The minimum atomic E-state index is -0.549. The number of amides is 1. The number of fused-ring (bicyclic) bond motifs is 1. The summed E-state index contributed by atoms with van der Waals surface area (Å²) in [7, 11) is 0. The van der Waals surface area contributed by atoms with E-state index in [1.165, 1.54) is 35.9 Å². The summed E-state index contributed by atoms with van der Waals surface area (Å²) in [6, 6.07) is 4.47. The highest BCUT2D eigenvalue weighted by atomic mass is 19.1. The summed E-state index contributed by atoms with van der Waals surface area (Å²) in [5, 5.41) is 3.34. The quantitative estimate of drug-likeness (QED) is 0.646. The molecule has 2 aliphatic rings. The first kappa shape index (κ1) is 12.3. The topological polar surface area (TPSA) is 49.4 Å². The number of anilines is 1. The lowest BCUT2D eigenvalue weighted by Gasteiger charge is -2.16. The van der Waals surface area contributed by atoms with Crippen molar-refractivity contribution >= 4 is 17.4 Å². The van der Waals surface area contributed by atoms with E-state index in [1.807, 2.05) is 0 Å². The van der Waals surface area contributed by atoms with Crippen molar-refractivity contribution in [2.45, 2.75) is 25.3 Å². The zero-order valence-electron chi connectivity index (χ0n) is 10.5. The average molecular weight is 262 g/mol.